The fourth-order valence-electron chi connectivity index (χ4n) is 4.19. The minimum atomic E-state index is -0.619. The summed E-state index contributed by atoms with van der Waals surface area (Å²) in [6.45, 7) is 7.47. The number of ether oxygens (including phenoxy) is 2. The Kier molecular flexibility index (Phi) is 9.29. The highest BCUT2D eigenvalue weighted by molar-refractivity contribution is 5.19. The van der Waals surface area contributed by atoms with E-state index in [2.05, 4.69) is 20.4 Å². The van der Waals surface area contributed by atoms with Gasteiger partial charge < -0.3 is 23.6 Å². The first-order valence-electron chi connectivity index (χ1n) is 11.8. The number of hydrogen-bond donors (Lipinski definition) is 1. The van der Waals surface area contributed by atoms with Crippen molar-refractivity contribution < 1.29 is 23.4 Å². The molecule has 1 atom stereocenters. The number of hydrogen-bond acceptors (Lipinski definition) is 6. The van der Waals surface area contributed by atoms with Gasteiger partial charge in [-0.1, -0.05) is 12.1 Å². The van der Waals surface area contributed by atoms with Crippen LogP contribution in [0.3, 0.4) is 0 Å². The summed E-state index contributed by atoms with van der Waals surface area (Å²) >= 11 is 0. The SMILES string of the molecule is OC(COCc1ccco1)CN(CCN1CCOCC1)Cc1cccn1Cc1cccc(F)c1. The van der Waals surface area contributed by atoms with Gasteiger partial charge in [0, 0.05) is 57.7 Å². The number of aliphatic hydroxyl groups is 1. The number of nitrogens with zero attached hydrogens (tertiary/aromatic N) is 3. The zero-order valence-electron chi connectivity index (χ0n) is 19.5. The third-order valence-corrected chi connectivity index (χ3v) is 5.99. The van der Waals surface area contributed by atoms with E-state index in [4.69, 9.17) is 13.9 Å². The molecule has 1 aliphatic heterocycles. The Hall–Kier alpha value is -2.49. The summed E-state index contributed by atoms with van der Waals surface area (Å²) in [5, 5.41) is 10.7. The van der Waals surface area contributed by atoms with Gasteiger partial charge in [0.05, 0.1) is 32.2 Å². The van der Waals surface area contributed by atoms with Crippen LogP contribution in [-0.4, -0.2) is 78.1 Å². The predicted molar refractivity (Wildman–Crippen MR) is 127 cm³/mol. The average Bonchev–Trinajstić information content (AvgIpc) is 3.51. The molecule has 7 nitrogen and oxygen atoms in total. The lowest BCUT2D eigenvalue weighted by Gasteiger charge is -2.31. The quantitative estimate of drug-likeness (QED) is 0.414. The second-order valence-corrected chi connectivity index (χ2v) is 8.69. The van der Waals surface area contributed by atoms with Gasteiger partial charge in [-0.15, -0.1) is 0 Å². The smallest absolute Gasteiger partial charge is 0.129 e. The highest BCUT2D eigenvalue weighted by Crippen LogP contribution is 2.13. The average molecular weight is 472 g/mol. The lowest BCUT2D eigenvalue weighted by Crippen LogP contribution is -2.43. The minimum absolute atomic E-state index is 0.226. The van der Waals surface area contributed by atoms with Crippen LogP contribution in [0, 0.1) is 5.82 Å². The number of furan rings is 1. The molecule has 0 radical (unpaired) electrons. The zero-order valence-corrected chi connectivity index (χ0v) is 19.5. The summed E-state index contributed by atoms with van der Waals surface area (Å²) in [5.41, 5.74) is 2.04. The molecule has 1 aromatic carbocycles. The first-order chi connectivity index (χ1) is 16.7. The molecule has 3 aromatic rings. The second-order valence-electron chi connectivity index (χ2n) is 8.69. The Labute approximate surface area is 200 Å². The standard InChI is InChI=1S/C26H34FN3O4/c27-23-5-1-4-22(16-23)17-30-8-2-6-24(30)18-29(10-9-28-11-14-32-15-12-28)19-25(31)20-33-21-26-7-3-13-34-26/h1-8,13,16,25,31H,9-12,14-15,17-21H2. The largest absolute Gasteiger partial charge is 0.467 e. The number of aromatic nitrogens is 1. The lowest BCUT2D eigenvalue weighted by atomic mass is 10.2. The number of aliphatic hydroxyl groups excluding tert-OH is 1. The third kappa shape index (κ3) is 7.78. The van der Waals surface area contributed by atoms with Gasteiger partial charge in [0.1, 0.15) is 18.2 Å². The zero-order chi connectivity index (χ0) is 23.6. The van der Waals surface area contributed by atoms with E-state index in [0.717, 1.165) is 56.4 Å². The van der Waals surface area contributed by atoms with E-state index in [0.29, 0.717) is 26.2 Å². The Bertz CT molecular complexity index is 972. The Balaban J connectivity index is 1.35. The van der Waals surface area contributed by atoms with Gasteiger partial charge in [0.25, 0.3) is 0 Å². The molecule has 8 heteroatoms. The first kappa shape index (κ1) is 24.6. The van der Waals surface area contributed by atoms with E-state index in [-0.39, 0.29) is 12.4 Å². The van der Waals surface area contributed by atoms with Crippen molar-refractivity contribution in [2.45, 2.75) is 25.8 Å². The van der Waals surface area contributed by atoms with Crippen LogP contribution in [0.4, 0.5) is 4.39 Å². The summed E-state index contributed by atoms with van der Waals surface area (Å²) < 4.78 is 32.2. The van der Waals surface area contributed by atoms with Crippen LogP contribution in [-0.2, 0) is 29.2 Å². The van der Waals surface area contributed by atoms with Crippen LogP contribution >= 0.6 is 0 Å². The first-order valence-corrected chi connectivity index (χ1v) is 11.8. The van der Waals surface area contributed by atoms with E-state index in [9.17, 15) is 9.50 Å². The van der Waals surface area contributed by atoms with Gasteiger partial charge in [0.15, 0.2) is 0 Å². The van der Waals surface area contributed by atoms with Crippen LogP contribution in [0.5, 0.6) is 0 Å². The molecule has 34 heavy (non-hydrogen) atoms. The molecular formula is C26H34FN3O4. The Morgan fingerprint density at radius 3 is 2.79 bits per heavy atom. The van der Waals surface area contributed by atoms with Crippen LogP contribution in [0.15, 0.2) is 65.4 Å². The summed E-state index contributed by atoms with van der Waals surface area (Å²) in [6.07, 6.45) is 3.01. The van der Waals surface area contributed by atoms with Crippen molar-refractivity contribution in [1.82, 2.24) is 14.4 Å². The summed E-state index contributed by atoms with van der Waals surface area (Å²) in [6, 6.07) is 14.5. The Morgan fingerprint density at radius 1 is 1.12 bits per heavy atom. The molecule has 4 rings (SSSR count). The van der Waals surface area contributed by atoms with Crippen molar-refractivity contribution in [1.29, 1.82) is 0 Å². The van der Waals surface area contributed by atoms with Crippen molar-refractivity contribution in [3.8, 4) is 0 Å². The molecule has 0 bridgehead atoms. The van der Waals surface area contributed by atoms with E-state index >= 15 is 0 Å². The van der Waals surface area contributed by atoms with Gasteiger partial charge in [-0.3, -0.25) is 9.80 Å². The van der Waals surface area contributed by atoms with E-state index in [1.807, 2.05) is 30.5 Å². The molecule has 1 saturated heterocycles. The highest BCUT2D eigenvalue weighted by atomic mass is 19.1. The molecule has 1 unspecified atom stereocenters. The summed E-state index contributed by atoms with van der Waals surface area (Å²) in [7, 11) is 0. The molecule has 1 N–H and O–H groups in total. The molecule has 0 saturated carbocycles. The van der Waals surface area contributed by atoms with E-state index in [1.54, 1.807) is 18.4 Å². The summed E-state index contributed by atoms with van der Waals surface area (Å²) in [4.78, 5) is 4.65. The normalized spacial score (nSPS) is 15.7. The van der Waals surface area contributed by atoms with E-state index in [1.165, 1.54) is 6.07 Å². The van der Waals surface area contributed by atoms with E-state index < -0.39 is 6.10 Å². The van der Waals surface area contributed by atoms with Gasteiger partial charge in [-0.2, -0.15) is 0 Å². The number of rotatable bonds is 13. The molecule has 2 aromatic heterocycles. The molecule has 0 aliphatic carbocycles. The van der Waals surface area contributed by atoms with Crippen molar-refractivity contribution in [2.24, 2.45) is 0 Å². The predicted octanol–water partition coefficient (Wildman–Crippen LogP) is 2.98. The molecule has 3 heterocycles. The lowest BCUT2D eigenvalue weighted by molar-refractivity contribution is -0.00185. The van der Waals surface area contributed by atoms with Crippen molar-refractivity contribution in [3.63, 3.8) is 0 Å². The topological polar surface area (TPSA) is 63.2 Å². The molecule has 0 spiro atoms. The minimum Gasteiger partial charge on any atom is -0.467 e. The molecule has 184 valence electrons. The van der Waals surface area contributed by atoms with Gasteiger partial charge in [-0.05, 0) is 42.0 Å². The van der Waals surface area contributed by atoms with Gasteiger partial charge >= 0.3 is 0 Å². The van der Waals surface area contributed by atoms with Gasteiger partial charge in [0.2, 0.25) is 0 Å². The van der Waals surface area contributed by atoms with Crippen LogP contribution in [0.25, 0.3) is 0 Å². The fraction of sp³-hybridized carbons (Fsp3) is 0.462. The second kappa shape index (κ2) is 12.8. The monoisotopic (exact) mass is 471 g/mol. The van der Waals surface area contributed by atoms with Crippen LogP contribution < -0.4 is 0 Å². The molecule has 0 amide bonds. The number of morpholine rings is 1. The van der Waals surface area contributed by atoms with Crippen molar-refractivity contribution in [2.75, 3.05) is 52.5 Å². The third-order valence-electron chi connectivity index (χ3n) is 5.99. The highest BCUT2D eigenvalue weighted by Gasteiger charge is 2.17. The maximum absolute atomic E-state index is 13.6. The number of halogens is 1. The fourth-order valence-corrected chi connectivity index (χ4v) is 4.19. The van der Waals surface area contributed by atoms with Crippen molar-refractivity contribution >= 4 is 0 Å². The molecular weight excluding hydrogens is 437 g/mol. The number of benzene rings is 1. The maximum Gasteiger partial charge on any atom is 0.129 e. The van der Waals surface area contributed by atoms with Crippen molar-refractivity contribution in [3.05, 3.63) is 83.8 Å². The van der Waals surface area contributed by atoms with Crippen LogP contribution in [0.2, 0.25) is 0 Å². The van der Waals surface area contributed by atoms with Crippen LogP contribution in [0.1, 0.15) is 17.0 Å². The molecule has 1 aliphatic rings. The maximum atomic E-state index is 13.6. The van der Waals surface area contributed by atoms with Gasteiger partial charge in [-0.25, -0.2) is 4.39 Å². The molecule has 1 fully saturated rings. The Morgan fingerprint density at radius 2 is 2.00 bits per heavy atom. The summed E-state index contributed by atoms with van der Waals surface area (Å²) in [5.74, 6) is 0.516.